The summed E-state index contributed by atoms with van der Waals surface area (Å²) in [4.78, 5) is 12.7. The van der Waals surface area contributed by atoms with Crippen molar-refractivity contribution in [3.63, 3.8) is 0 Å². The largest absolute Gasteiger partial charge is 0.313 e. The molecule has 1 amide bonds. The first-order valence-electron chi connectivity index (χ1n) is 8.21. The van der Waals surface area contributed by atoms with Gasteiger partial charge in [-0.2, -0.15) is 0 Å². The van der Waals surface area contributed by atoms with E-state index in [1.165, 1.54) is 11.8 Å². The molecule has 1 fully saturated rings. The first kappa shape index (κ1) is 16.8. The minimum absolute atomic E-state index is 0.135. The van der Waals surface area contributed by atoms with Gasteiger partial charge in [-0.3, -0.25) is 4.79 Å². The van der Waals surface area contributed by atoms with Crippen LogP contribution in [-0.2, 0) is 4.79 Å². The van der Waals surface area contributed by atoms with E-state index in [1.807, 2.05) is 42.5 Å². The molecule has 0 saturated carbocycles. The van der Waals surface area contributed by atoms with E-state index >= 15 is 0 Å². The zero-order valence-corrected chi connectivity index (χ0v) is 15.7. The van der Waals surface area contributed by atoms with E-state index in [0.29, 0.717) is 9.23 Å². The SMILES string of the molecule is Cc1cc(C=C2SC(=S)NC2=O)c(-c2ccccc2)n1-c1ccccc1. The van der Waals surface area contributed by atoms with Gasteiger partial charge >= 0.3 is 0 Å². The van der Waals surface area contributed by atoms with Crippen LogP contribution in [0.3, 0.4) is 0 Å². The fraction of sp³-hybridized carbons (Fsp3) is 0.0476. The van der Waals surface area contributed by atoms with Gasteiger partial charge in [0, 0.05) is 16.9 Å². The lowest BCUT2D eigenvalue weighted by Crippen LogP contribution is -2.17. The molecule has 128 valence electrons. The van der Waals surface area contributed by atoms with E-state index in [2.05, 4.69) is 47.1 Å². The van der Waals surface area contributed by atoms with Crippen LogP contribution in [0.2, 0.25) is 0 Å². The molecule has 0 radical (unpaired) electrons. The van der Waals surface area contributed by atoms with Crippen LogP contribution >= 0.6 is 24.0 Å². The molecule has 0 bridgehead atoms. The van der Waals surface area contributed by atoms with Crippen LogP contribution in [0.25, 0.3) is 23.0 Å². The highest BCUT2D eigenvalue weighted by Crippen LogP contribution is 2.34. The van der Waals surface area contributed by atoms with E-state index in [1.54, 1.807) is 0 Å². The topological polar surface area (TPSA) is 34.0 Å². The predicted octanol–water partition coefficient (Wildman–Crippen LogP) is 4.94. The number of benzene rings is 2. The molecule has 3 aromatic rings. The first-order valence-corrected chi connectivity index (χ1v) is 9.44. The minimum Gasteiger partial charge on any atom is -0.313 e. The number of carbonyl (C=O) groups excluding carboxylic acids is 1. The monoisotopic (exact) mass is 376 g/mol. The normalized spacial score (nSPS) is 15.5. The highest BCUT2D eigenvalue weighted by molar-refractivity contribution is 8.26. The van der Waals surface area contributed by atoms with Gasteiger partial charge in [0.25, 0.3) is 5.91 Å². The Labute approximate surface area is 161 Å². The van der Waals surface area contributed by atoms with Crippen LogP contribution in [0.15, 0.2) is 71.6 Å². The van der Waals surface area contributed by atoms with Crippen LogP contribution in [0.1, 0.15) is 11.3 Å². The molecular weight excluding hydrogens is 360 g/mol. The molecule has 0 unspecified atom stereocenters. The van der Waals surface area contributed by atoms with Gasteiger partial charge < -0.3 is 9.88 Å². The number of nitrogens with zero attached hydrogens (tertiary/aromatic N) is 1. The number of hydrogen-bond acceptors (Lipinski definition) is 3. The lowest BCUT2D eigenvalue weighted by molar-refractivity contribution is -0.115. The van der Waals surface area contributed by atoms with E-state index in [4.69, 9.17) is 12.2 Å². The van der Waals surface area contributed by atoms with Crippen molar-refractivity contribution in [2.45, 2.75) is 6.92 Å². The maximum Gasteiger partial charge on any atom is 0.263 e. The number of carbonyl (C=O) groups is 1. The summed E-state index contributed by atoms with van der Waals surface area (Å²) in [5.41, 5.74) is 5.36. The van der Waals surface area contributed by atoms with Gasteiger partial charge in [-0.1, -0.05) is 72.5 Å². The van der Waals surface area contributed by atoms with Crippen molar-refractivity contribution in [1.29, 1.82) is 0 Å². The van der Waals surface area contributed by atoms with Crippen molar-refractivity contribution in [3.05, 3.63) is 82.9 Å². The Morgan fingerprint density at radius 2 is 1.69 bits per heavy atom. The van der Waals surface area contributed by atoms with Crippen molar-refractivity contribution < 1.29 is 4.79 Å². The molecular formula is C21H16N2OS2. The van der Waals surface area contributed by atoms with Gasteiger partial charge in [-0.15, -0.1) is 0 Å². The smallest absolute Gasteiger partial charge is 0.263 e. The van der Waals surface area contributed by atoms with E-state index < -0.39 is 0 Å². The molecule has 2 heterocycles. The average Bonchev–Trinajstić information content (AvgIpc) is 3.15. The summed E-state index contributed by atoms with van der Waals surface area (Å²) in [6.45, 7) is 2.08. The molecule has 5 heteroatoms. The second kappa shape index (κ2) is 6.94. The molecule has 26 heavy (non-hydrogen) atoms. The van der Waals surface area contributed by atoms with Crippen LogP contribution in [0, 0.1) is 6.92 Å². The van der Waals surface area contributed by atoms with E-state index in [9.17, 15) is 4.79 Å². The number of thiocarbonyl (C=S) groups is 1. The lowest BCUT2D eigenvalue weighted by Gasteiger charge is -2.13. The highest BCUT2D eigenvalue weighted by Gasteiger charge is 2.24. The van der Waals surface area contributed by atoms with Crippen molar-refractivity contribution in [3.8, 4) is 16.9 Å². The maximum absolute atomic E-state index is 12.1. The number of thioether (sulfide) groups is 1. The highest BCUT2D eigenvalue weighted by atomic mass is 32.2. The van der Waals surface area contributed by atoms with Gasteiger partial charge in [0.2, 0.25) is 0 Å². The fourth-order valence-electron chi connectivity index (χ4n) is 3.14. The summed E-state index contributed by atoms with van der Waals surface area (Å²) >= 11 is 6.41. The number of para-hydroxylation sites is 1. The van der Waals surface area contributed by atoms with E-state index in [0.717, 1.165) is 28.2 Å². The van der Waals surface area contributed by atoms with E-state index in [-0.39, 0.29) is 5.91 Å². The Kier molecular flexibility index (Phi) is 4.49. The van der Waals surface area contributed by atoms with Crippen LogP contribution in [0.4, 0.5) is 0 Å². The molecule has 0 atom stereocenters. The summed E-state index contributed by atoms with van der Waals surface area (Å²) in [6, 6.07) is 22.6. The van der Waals surface area contributed by atoms with Gasteiger partial charge in [0.15, 0.2) is 0 Å². The summed E-state index contributed by atoms with van der Waals surface area (Å²) in [7, 11) is 0. The third kappa shape index (κ3) is 3.11. The summed E-state index contributed by atoms with van der Waals surface area (Å²) in [5.74, 6) is -0.135. The zero-order chi connectivity index (χ0) is 18.1. The second-order valence-electron chi connectivity index (χ2n) is 5.98. The summed E-state index contributed by atoms with van der Waals surface area (Å²) in [5, 5.41) is 2.68. The molecule has 0 aliphatic carbocycles. The Morgan fingerprint density at radius 1 is 1.04 bits per heavy atom. The standard InChI is InChI=1S/C21H16N2OS2/c1-14-12-16(13-18-20(24)22-21(25)26-18)19(15-8-4-2-5-9-15)23(14)17-10-6-3-7-11-17/h2-13H,1H3,(H,22,24,25). The summed E-state index contributed by atoms with van der Waals surface area (Å²) in [6.07, 6.45) is 1.92. The molecule has 4 rings (SSSR count). The van der Waals surface area contributed by atoms with Gasteiger partial charge in [-0.25, -0.2) is 0 Å². The van der Waals surface area contributed by atoms with Crippen molar-refractivity contribution in [2.75, 3.05) is 0 Å². The minimum atomic E-state index is -0.135. The third-order valence-electron chi connectivity index (χ3n) is 4.20. The molecule has 1 aliphatic rings. The molecule has 2 aromatic carbocycles. The number of hydrogen-bond donors (Lipinski definition) is 1. The maximum atomic E-state index is 12.1. The van der Waals surface area contributed by atoms with Crippen LogP contribution < -0.4 is 5.32 Å². The second-order valence-corrected chi connectivity index (χ2v) is 7.70. The molecule has 1 N–H and O–H groups in total. The van der Waals surface area contributed by atoms with Gasteiger partial charge in [0.1, 0.15) is 4.32 Å². The van der Waals surface area contributed by atoms with Crippen molar-refractivity contribution >= 4 is 40.3 Å². The Morgan fingerprint density at radius 3 is 2.31 bits per heavy atom. The Balaban J connectivity index is 1.94. The molecule has 1 aromatic heterocycles. The number of amides is 1. The first-order chi connectivity index (χ1) is 12.6. The number of aromatic nitrogens is 1. The average molecular weight is 377 g/mol. The number of rotatable bonds is 3. The quantitative estimate of drug-likeness (QED) is 0.519. The molecule has 3 nitrogen and oxygen atoms in total. The van der Waals surface area contributed by atoms with Crippen LogP contribution in [-0.4, -0.2) is 14.8 Å². The lowest BCUT2D eigenvalue weighted by atomic mass is 10.1. The number of aryl methyl sites for hydroxylation is 1. The zero-order valence-electron chi connectivity index (χ0n) is 14.1. The van der Waals surface area contributed by atoms with Crippen molar-refractivity contribution in [1.82, 2.24) is 9.88 Å². The molecule has 0 spiro atoms. The summed E-state index contributed by atoms with van der Waals surface area (Å²) < 4.78 is 2.72. The fourth-order valence-corrected chi connectivity index (χ4v) is 4.17. The predicted molar refractivity (Wildman–Crippen MR) is 112 cm³/mol. The number of nitrogens with one attached hydrogen (secondary N) is 1. The van der Waals surface area contributed by atoms with Crippen molar-refractivity contribution in [2.24, 2.45) is 0 Å². The Bertz CT molecular complexity index is 1020. The molecule has 1 saturated heterocycles. The van der Waals surface area contributed by atoms with Gasteiger partial charge in [-0.05, 0) is 36.8 Å². The van der Waals surface area contributed by atoms with Gasteiger partial charge in [0.05, 0.1) is 10.6 Å². The van der Waals surface area contributed by atoms with Crippen LogP contribution in [0.5, 0.6) is 0 Å². The Hall–Kier alpha value is -2.63. The molecule has 1 aliphatic heterocycles. The third-order valence-corrected chi connectivity index (χ3v) is 5.37.